The molecule has 3 nitrogen and oxygen atoms in total. The molecule has 0 aromatic heterocycles. The van der Waals surface area contributed by atoms with Crippen molar-refractivity contribution in [3.05, 3.63) is 0 Å². The third kappa shape index (κ3) is 4.11. The van der Waals surface area contributed by atoms with Crippen LogP contribution in [0.1, 0.15) is 52.4 Å². The first-order valence-corrected chi connectivity index (χ1v) is 6.42. The first-order chi connectivity index (χ1) is 7.59. The summed E-state index contributed by atoms with van der Waals surface area (Å²) in [4.78, 5) is 0. The molecule has 3 unspecified atom stereocenters. The second kappa shape index (κ2) is 6.22. The molecule has 0 heterocycles. The van der Waals surface area contributed by atoms with E-state index in [9.17, 15) is 5.11 Å². The summed E-state index contributed by atoms with van der Waals surface area (Å²) in [6.07, 6.45) is 5.61. The molecule has 1 rings (SSSR count). The van der Waals surface area contributed by atoms with Gasteiger partial charge >= 0.3 is 0 Å². The van der Waals surface area contributed by atoms with Gasteiger partial charge in [0.15, 0.2) is 0 Å². The van der Waals surface area contributed by atoms with Crippen LogP contribution in [0.4, 0.5) is 0 Å². The predicted molar refractivity (Wildman–Crippen MR) is 64.9 cm³/mol. The number of hydrogen-bond acceptors (Lipinski definition) is 3. The van der Waals surface area contributed by atoms with Crippen molar-refractivity contribution >= 4 is 0 Å². The molecule has 0 spiro atoms. The maximum absolute atomic E-state index is 10.4. The molecule has 1 fully saturated rings. The van der Waals surface area contributed by atoms with Crippen LogP contribution in [0.15, 0.2) is 0 Å². The molecular weight excluding hydrogens is 200 g/mol. The lowest BCUT2D eigenvalue weighted by Gasteiger charge is -2.36. The van der Waals surface area contributed by atoms with E-state index in [2.05, 4.69) is 25.2 Å². The van der Waals surface area contributed by atoms with Crippen LogP contribution in [-0.4, -0.2) is 23.3 Å². The summed E-state index contributed by atoms with van der Waals surface area (Å²) < 4.78 is 0. The molecule has 2 N–H and O–H groups in total. The molecule has 0 amide bonds. The van der Waals surface area contributed by atoms with Gasteiger partial charge in [-0.25, -0.2) is 0 Å². The van der Waals surface area contributed by atoms with Crippen molar-refractivity contribution in [3.63, 3.8) is 0 Å². The molecule has 1 aliphatic carbocycles. The molecule has 92 valence electrons. The third-order valence-electron chi connectivity index (χ3n) is 3.62. The van der Waals surface area contributed by atoms with Crippen molar-refractivity contribution in [2.24, 2.45) is 5.92 Å². The number of nitriles is 1. The van der Waals surface area contributed by atoms with Crippen molar-refractivity contribution < 1.29 is 5.11 Å². The number of nitrogens with one attached hydrogen (secondary N) is 1. The van der Waals surface area contributed by atoms with Gasteiger partial charge in [0.05, 0.1) is 18.1 Å². The average Bonchev–Trinajstić information content (AvgIpc) is 2.24. The summed E-state index contributed by atoms with van der Waals surface area (Å²) in [5.74, 6) is 0.622. The molecule has 0 bridgehead atoms. The average molecular weight is 224 g/mol. The van der Waals surface area contributed by atoms with Crippen LogP contribution in [0, 0.1) is 17.2 Å². The van der Waals surface area contributed by atoms with Gasteiger partial charge < -0.3 is 10.4 Å². The molecule has 0 saturated heterocycles. The molecule has 1 saturated carbocycles. The number of nitrogens with zero attached hydrogens (tertiary/aromatic N) is 1. The summed E-state index contributed by atoms with van der Waals surface area (Å²) in [6.45, 7) is 4.91. The van der Waals surface area contributed by atoms with E-state index in [4.69, 9.17) is 5.26 Å². The molecule has 0 aromatic rings. The molecular formula is C13H24N2O. The molecule has 0 aliphatic heterocycles. The maximum atomic E-state index is 10.4. The van der Waals surface area contributed by atoms with Gasteiger partial charge in [-0.3, -0.25) is 0 Å². The number of rotatable bonds is 5. The summed E-state index contributed by atoms with van der Waals surface area (Å²) in [5.41, 5.74) is -0.541. The van der Waals surface area contributed by atoms with Gasteiger partial charge in [0.2, 0.25) is 0 Å². The van der Waals surface area contributed by atoms with Gasteiger partial charge in [0.1, 0.15) is 0 Å². The van der Waals surface area contributed by atoms with E-state index in [1.165, 1.54) is 6.42 Å². The molecule has 16 heavy (non-hydrogen) atoms. The summed E-state index contributed by atoms with van der Waals surface area (Å²) >= 11 is 0. The summed E-state index contributed by atoms with van der Waals surface area (Å²) in [6, 6.07) is 2.41. The van der Waals surface area contributed by atoms with E-state index in [-0.39, 0.29) is 6.04 Å². The third-order valence-corrected chi connectivity index (χ3v) is 3.62. The predicted octanol–water partition coefficient (Wildman–Crippen LogP) is 2.21. The van der Waals surface area contributed by atoms with Crippen LogP contribution < -0.4 is 5.32 Å². The Morgan fingerprint density at radius 1 is 1.62 bits per heavy atom. The lowest BCUT2D eigenvalue weighted by molar-refractivity contribution is -0.0137. The van der Waals surface area contributed by atoms with Crippen LogP contribution in [-0.2, 0) is 0 Å². The van der Waals surface area contributed by atoms with E-state index in [0.29, 0.717) is 18.9 Å². The number of hydrogen-bond donors (Lipinski definition) is 2. The van der Waals surface area contributed by atoms with Crippen LogP contribution in [0.2, 0.25) is 0 Å². The highest BCUT2D eigenvalue weighted by Crippen LogP contribution is 2.31. The molecule has 3 atom stereocenters. The first-order valence-electron chi connectivity index (χ1n) is 6.42. The quantitative estimate of drug-likeness (QED) is 0.752. The number of aliphatic hydroxyl groups is 1. The van der Waals surface area contributed by atoms with Gasteiger partial charge in [0, 0.05) is 12.6 Å². The van der Waals surface area contributed by atoms with Crippen molar-refractivity contribution in [2.45, 2.75) is 64.0 Å². The second-order valence-electron chi connectivity index (χ2n) is 5.27. The fraction of sp³-hybridized carbons (Fsp3) is 0.923. The first kappa shape index (κ1) is 13.5. The molecule has 0 radical (unpaired) electrons. The molecule has 1 aliphatic rings. The van der Waals surface area contributed by atoms with Crippen LogP contribution in [0.25, 0.3) is 0 Å². The highest BCUT2D eigenvalue weighted by Gasteiger charge is 2.32. The second-order valence-corrected chi connectivity index (χ2v) is 5.27. The molecule has 0 aromatic carbocycles. The van der Waals surface area contributed by atoms with E-state index in [1.54, 1.807) is 0 Å². The zero-order valence-electron chi connectivity index (χ0n) is 10.5. The van der Waals surface area contributed by atoms with E-state index < -0.39 is 5.60 Å². The topological polar surface area (TPSA) is 56.0 Å². The SMILES string of the molecule is CCC(CC#N)NCC1(O)CCCC(C)C1. The minimum absolute atomic E-state index is 0.228. The van der Waals surface area contributed by atoms with Crippen molar-refractivity contribution in [1.82, 2.24) is 5.32 Å². The Hall–Kier alpha value is -0.590. The van der Waals surface area contributed by atoms with E-state index >= 15 is 0 Å². The lowest BCUT2D eigenvalue weighted by Crippen LogP contribution is -2.46. The Morgan fingerprint density at radius 2 is 2.38 bits per heavy atom. The Balaban J connectivity index is 2.37. The largest absolute Gasteiger partial charge is 0.389 e. The van der Waals surface area contributed by atoms with Gasteiger partial charge in [-0.05, 0) is 25.2 Å². The fourth-order valence-corrected chi connectivity index (χ4v) is 2.60. The normalized spacial score (nSPS) is 32.0. The van der Waals surface area contributed by atoms with Gasteiger partial charge in [-0.1, -0.05) is 26.7 Å². The Morgan fingerprint density at radius 3 is 2.94 bits per heavy atom. The van der Waals surface area contributed by atoms with Gasteiger partial charge in [0.25, 0.3) is 0 Å². The van der Waals surface area contributed by atoms with Gasteiger partial charge in [-0.15, -0.1) is 0 Å². The van der Waals surface area contributed by atoms with E-state index in [0.717, 1.165) is 25.7 Å². The van der Waals surface area contributed by atoms with Crippen LogP contribution in [0.3, 0.4) is 0 Å². The standard InChI is InChI=1S/C13H24N2O/c1-3-12(6-8-14)15-10-13(16)7-4-5-11(2)9-13/h11-12,15-16H,3-7,9-10H2,1-2H3. The smallest absolute Gasteiger partial charge is 0.0774 e. The Kier molecular flexibility index (Phi) is 5.24. The molecule has 3 heteroatoms. The minimum Gasteiger partial charge on any atom is -0.389 e. The van der Waals surface area contributed by atoms with Crippen molar-refractivity contribution in [1.29, 1.82) is 5.26 Å². The minimum atomic E-state index is -0.541. The zero-order valence-corrected chi connectivity index (χ0v) is 10.5. The maximum Gasteiger partial charge on any atom is 0.0774 e. The summed E-state index contributed by atoms with van der Waals surface area (Å²) in [7, 11) is 0. The van der Waals surface area contributed by atoms with Crippen LogP contribution >= 0.6 is 0 Å². The van der Waals surface area contributed by atoms with Crippen molar-refractivity contribution in [2.75, 3.05) is 6.54 Å². The fourth-order valence-electron chi connectivity index (χ4n) is 2.60. The summed E-state index contributed by atoms with van der Waals surface area (Å²) in [5, 5.41) is 22.4. The van der Waals surface area contributed by atoms with Crippen molar-refractivity contribution in [3.8, 4) is 6.07 Å². The highest BCUT2D eigenvalue weighted by molar-refractivity contribution is 4.89. The monoisotopic (exact) mass is 224 g/mol. The Bertz CT molecular complexity index is 249. The van der Waals surface area contributed by atoms with E-state index in [1.807, 2.05) is 0 Å². The van der Waals surface area contributed by atoms with Gasteiger partial charge in [-0.2, -0.15) is 5.26 Å². The zero-order chi connectivity index (χ0) is 12.0. The van der Waals surface area contributed by atoms with Crippen LogP contribution in [0.5, 0.6) is 0 Å². The lowest BCUT2D eigenvalue weighted by atomic mass is 9.79. The Labute approximate surface area is 98.8 Å². The highest BCUT2D eigenvalue weighted by atomic mass is 16.3.